The van der Waals surface area contributed by atoms with E-state index in [1.807, 2.05) is 13.8 Å². The first kappa shape index (κ1) is 36.9. The molecule has 13 nitrogen and oxygen atoms in total. The summed E-state index contributed by atoms with van der Waals surface area (Å²) in [5, 5.41) is 83.5. The topological polar surface area (TPSA) is 207 Å². The fourth-order valence-electron chi connectivity index (χ4n) is 12.5. The summed E-state index contributed by atoms with van der Waals surface area (Å²) >= 11 is 0. The van der Waals surface area contributed by atoms with Crippen LogP contribution in [0.1, 0.15) is 93.4 Å². The molecule has 50 heavy (non-hydrogen) atoms. The van der Waals surface area contributed by atoms with Crippen molar-refractivity contribution in [3.05, 3.63) is 0 Å². The Bertz CT molecular complexity index is 1390. The van der Waals surface area contributed by atoms with Crippen molar-refractivity contribution in [2.45, 2.75) is 158 Å². The molecular weight excluding hydrogens is 650 g/mol. The third-order valence-corrected chi connectivity index (χ3v) is 15.5. The van der Waals surface area contributed by atoms with Crippen LogP contribution in [0.2, 0.25) is 0 Å². The minimum Gasteiger partial charge on any atom is -0.456 e. The molecule has 3 aliphatic heterocycles. The number of esters is 2. The number of fused-ring (bicyclic) bond motifs is 5. The third-order valence-electron chi connectivity index (χ3n) is 15.5. The summed E-state index contributed by atoms with van der Waals surface area (Å²) in [5.41, 5.74) is -7.89. The van der Waals surface area contributed by atoms with Crippen molar-refractivity contribution in [2.24, 2.45) is 46.8 Å². The highest BCUT2D eigenvalue weighted by Gasteiger charge is 2.87. The van der Waals surface area contributed by atoms with E-state index in [4.69, 9.17) is 14.2 Å². The van der Waals surface area contributed by atoms with Crippen LogP contribution >= 0.6 is 0 Å². The van der Waals surface area contributed by atoms with E-state index in [-0.39, 0.29) is 25.3 Å². The van der Waals surface area contributed by atoms with E-state index >= 15 is 0 Å². The van der Waals surface area contributed by atoms with Gasteiger partial charge in [0.1, 0.15) is 5.60 Å². The molecule has 0 aromatic heterocycles. The number of rotatable bonds is 6. The van der Waals surface area contributed by atoms with Crippen LogP contribution in [0.25, 0.3) is 0 Å². The first-order valence-electron chi connectivity index (χ1n) is 18.9. The van der Waals surface area contributed by atoms with Gasteiger partial charge in [-0.1, -0.05) is 27.7 Å². The van der Waals surface area contributed by atoms with Gasteiger partial charge in [-0.05, 0) is 83.5 Å². The smallest absolute Gasteiger partial charge is 0.341 e. The van der Waals surface area contributed by atoms with Gasteiger partial charge in [-0.25, -0.2) is 4.79 Å². The molecule has 3 saturated heterocycles. The molecule has 7 fully saturated rings. The maximum Gasteiger partial charge on any atom is 0.341 e. The van der Waals surface area contributed by atoms with Gasteiger partial charge in [0, 0.05) is 42.3 Å². The number of ether oxygens (including phenoxy) is 3. The molecule has 13 heteroatoms. The first-order valence-corrected chi connectivity index (χ1v) is 18.9. The fourth-order valence-corrected chi connectivity index (χ4v) is 12.5. The SMILES string of the molecule is CC[C@@H](C)C(=O)O[C@H]1[C@H](O)[C@H]2[C@@H](CN3C[C@@H](C)CC[C@H]3[C@@]2(C)O)[C@@H]2C[C@]34OC5(O)C(OC(=O)[C@@](C)(O)[C@@H](C)O)CC[C@@]3(C)[C@@H]5C[C@@H](O)[C@H]4[C@@]21O. The number of carbonyl (C=O) groups excluding carboxylic acids is 2. The zero-order valence-electron chi connectivity index (χ0n) is 30.5. The molecule has 7 rings (SSSR count). The number of aliphatic hydroxyl groups is 7. The molecular formula is C37H59NO12. The molecule has 7 N–H and O–H groups in total. The van der Waals surface area contributed by atoms with Crippen LogP contribution in [-0.4, -0.2) is 130 Å². The summed E-state index contributed by atoms with van der Waals surface area (Å²) < 4.78 is 18.7. The van der Waals surface area contributed by atoms with E-state index in [9.17, 15) is 45.3 Å². The second-order valence-electron chi connectivity index (χ2n) is 18.2. The maximum atomic E-state index is 13.5. The number of aliphatic hydroxyl groups excluding tert-OH is 3. The molecule has 4 saturated carbocycles. The monoisotopic (exact) mass is 709 g/mol. The molecule has 0 aromatic carbocycles. The number of hydrogen-bond donors (Lipinski definition) is 7. The predicted octanol–water partition coefficient (Wildman–Crippen LogP) is 0.466. The van der Waals surface area contributed by atoms with Crippen molar-refractivity contribution >= 4 is 11.9 Å². The lowest BCUT2D eigenvalue weighted by atomic mass is 9.49. The molecule has 1 spiro atoms. The van der Waals surface area contributed by atoms with Crippen LogP contribution in [0, 0.1) is 46.8 Å². The second-order valence-corrected chi connectivity index (χ2v) is 18.2. The van der Waals surface area contributed by atoms with Gasteiger partial charge in [-0.15, -0.1) is 0 Å². The Hall–Kier alpha value is -1.42. The lowest BCUT2D eigenvalue weighted by Crippen LogP contribution is -2.77. The highest BCUT2D eigenvalue weighted by Crippen LogP contribution is 2.77. The van der Waals surface area contributed by atoms with Gasteiger partial charge in [-0.2, -0.15) is 0 Å². The van der Waals surface area contributed by atoms with E-state index in [1.54, 1.807) is 13.8 Å². The zero-order chi connectivity index (χ0) is 36.7. The van der Waals surface area contributed by atoms with Crippen LogP contribution in [-0.2, 0) is 23.8 Å². The number of nitrogens with zero attached hydrogens (tertiary/aromatic N) is 1. The average molecular weight is 710 g/mol. The quantitative estimate of drug-likeness (QED) is 0.188. The Kier molecular flexibility index (Phi) is 8.52. The minimum absolute atomic E-state index is 0.0328. The van der Waals surface area contributed by atoms with Crippen molar-refractivity contribution in [2.75, 3.05) is 13.1 Å². The molecule has 4 bridgehead atoms. The molecule has 0 radical (unpaired) electrons. The van der Waals surface area contributed by atoms with Gasteiger partial charge in [0.25, 0.3) is 0 Å². The fraction of sp³-hybridized carbons (Fsp3) is 0.946. The van der Waals surface area contributed by atoms with Gasteiger partial charge in [-0.3, -0.25) is 9.69 Å². The van der Waals surface area contributed by atoms with E-state index in [2.05, 4.69) is 11.8 Å². The largest absolute Gasteiger partial charge is 0.456 e. The van der Waals surface area contributed by atoms with Crippen LogP contribution < -0.4 is 0 Å². The van der Waals surface area contributed by atoms with Crippen LogP contribution in [0.3, 0.4) is 0 Å². The van der Waals surface area contributed by atoms with Gasteiger partial charge in [0.15, 0.2) is 17.8 Å². The molecule has 7 aliphatic rings. The van der Waals surface area contributed by atoms with Crippen molar-refractivity contribution in [1.29, 1.82) is 0 Å². The Morgan fingerprint density at radius 1 is 1.06 bits per heavy atom. The maximum absolute atomic E-state index is 13.5. The molecule has 284 valence electrons. The molecule has 2 unspecified atom stereocenters. The Labute approximate surface area is 294 Å². The molecule has 4 aliphatic carbocycles. The Balaban J connectivity index is 1.34. The summed E-state index contributed by atoms with van der Waals surface area (Å²) in [4.78, 5) is 28.9. The van der Waals surface area contributed by atoms with Gasteiger partial charge < -0.3 is 50.0 Å². The predicted molar refractivity (Wildman–Crippen MR) is 176 cm³/mol. The molecule has 3 heterocycles. The molecule has 0 amide bonds. The number of carbonyl (C=O) groups is 2. The number of hydrogen-bond acceptors (Lipinski definition) is 13. The highest BCUT2D eigenvalue weighted by atomic mass is 16.7. The lowest BCUT2D eigenvalue weighted by molar-refractivity contribution is -0.300. The highest BCUT2D eigenvalue weighted by molar-refractivity contribution is 5.79. The van der Waals surface area contributed by atoms with Gasteiger partial charge >= 0.3 is 11.9 Å². The van der Waals surface area contributed by atoms with E-state index in [0.717, 1.165) is 26.3 Å². The summed E-state index contributed by atoms with van der Waals surface area (Å²) in [5.74, 6) is -7.78. The summed E-state index contributed by atoms with van der Waals surface area (Å²) in [7, 11) is 0. The van der Waals surface area contributed by atoms with Crippen molar-refractivity contribution < 1.29 is 59.5 Å². The van der Waals surface area contributed by atoms with E-state index in [1.165, 1.54) is 6.92 Å². The average Bonchev–Trinajstić information content (AvgIpc) is 3.31. The van der Waals surface area contributed by atoms with Crippen molar-refractivity contribution in [1.82, 2.24) is 4.90 Å². The second kappa shape index (κ2) is 11.5. The van der Waals surface area contributed by atoms with Crippen molar-refractivity contribution in [3.63, 3.8) is 0 Å². The summed E-state index contributed by atoms with van der Waals surface area (Å²) in [6, 6.07) is -0.238. The summed E-state index contributed by atoms with van der Waals surface area (Å²) in [6.07, 6.45) is -4.15. The zero-order valence-corrected chi connectivity index (χ0v) is 30.5. The minimum atomic E-state index is -2.25. The Morgan fingerprint density at radius 2 is 1.74 bits per heavy atom. The third kappa shape index (κ3) is 4.57. The molecule has 0 aromatic rings. The Morgan fingerprint density at radius 3 is 2.38 bits per heavy atom. The van der Waals surface area contributed by atoms with E-state index in [0.29, 0.717) is 25.3 Å². The normalized spacial score (nSPS) is 54.6. The van der Waals surface area contributed by atoms with Crippen LogP contribution in [0.4, 0.5) is 0 Å². The molecule has 19 atom stereocenters. The standard InChI is InChI=1S/C37H59NO12/c1-8-18(3)30(42)49-29-27(41)26-20(16-38-15-17(2)9-10-24(38)34(26,7)45)21-14-35-28(36(21,29)46)22(40)13-23-32(35,5)12-11-25(37(23,47)50-35)48-31(43)33(6,44)19(4)39/h17-29,39-41,44-47H,8-16H2,1-7H3/t17-,18+,19+,20-,21-,22+,23-,24-,25?,26+,27+,28+,29-,32-,33-,34+,35+,36-,37?/m0/s1. The summed E-state index contributed by atoms with van der Waals surface area (Å²) in [6.45, 7) is 13.1. The first-order chi connectivity index (χ1) is 23.1. The van der Waals surface area contributed by atoms with E-state index < -0.39 is 112 Å². The number of piperidine rings is 2. The van der Waals surface area contributed by atoms with Gasteiger partial charge in [0.2, 0.25) is 5.79 Å². The van der Waals surface area contributed by atoms with Crippen molar-refractivity contribution in [3.8, 4) is 0 Å². The van der Waals surface area contributed by atoms with Gasteiger partial charge in [0.05, 0.1) is 35.4 Å². The van der Waals surface area contributed by atoms with Crippen LogP contribution in [0.15, 0.2) is 0 Å². The van der Waals surface area contributed by atoms with Crippen LogP contribution in [0.5, 0.6) is 0 Å². The lowest BCUT2D eigenvalue weighted by Gasteiger charge is -2.64.